The molecule has 1 aromatic carbocycles. The molecule has 140 valence electrons. The molecule has 5 nitrogen and oxygen atoms in total. The zero-order valence-electron chi connectivity index (χ0n) is 14.7. The molecule has 0 heterocycles. The first-order valence-electron chi connectivity index (χ1n) is 8.74. The summed E-state index contributed by atoms with van der Waals surface area (Å²) in [4.78, 5) is 16.5. The van der Waals surface area contributed by atoms with Crippen LogP contribution >= 0.6 is 35.6 Å². The van der Waals surface area contributed by atoms with Crippen molar-refractivity contribution in [1.82, 2.24) is 16.0 Å². The number of amides is 1. The van der Waals surface area contributed by atoms with Crippen molar-refractivity contribution < 1.29 is 4.79 Å². The molecule has 0 unspecified atom stereocenters. The minimum Gasteiger partial charge on any atom is -0.357 e. The van der Waals surface area contributed by atoms with Gasteiger partial charge in [0.1, 0.15) is 0 Å². The summed E-state index contributed by atoms with van der Waals surface area (Å²) in [5.74, 6) is 0.808. The number of nitrogens with one attached hydrogen (secondary N) is 3. The van der Waals surface area contributed by atoms with Crippen molar-refractivity contribution in [3.05, 3.63) is 34.9 Å². The van der Waals surface area contributed by atoms with Gasteiger partial charge in [-0.15, -0.1) is 24.0 Å². The smallest absolute Gasteiger partial charge is 0.221 e. The van der Waals surface area contributed by atoms with E-state index in [4.69, 9.17) is 11.6 Å². The summed E-state index contributed by atoms with van der Waals surface area (Å²) in [6, 6.07) is 8.05. The summed E-state index contributed by atoms with van der Waals surface area (Å²) in [6.45, 7) is 3.85. The van der Waals surface area contributed by atoms with Gasteiger partial charge in [-0.25, -0.2) is 4.99 Å². The van der Waals surface area contributed by atoms with Gasteiger partial charge in [0.25, 0.3) is 0 Å². The zero-order valence-corrected chi connectivity index (χ0v) is 17.8. The van der Waals surface area contributed by atoms with E-state index in [9.17, 15) is 4.79 Å². The van der Waals surface area contributed by atoms with E-state index in [0.717, 1.165) is 24.9 Å². The van der Waals surface area contributed by atoms with Crippen LogP contribution in [0.1, 0.15) is 44.6 Å². The van der Waals surface area contributed by atoms with Gasteiger partial charge in [0.2, 0.25) is 5.91 Å². The van der Waals surface area contributed by atoms with Gasteiger partial charge < -0.3 is 16.0 Å². The first kappa shape index (κ1) is 22.0. The van der Waals surface area contributed by atoms with Crippen LogP contribution in [0.25, 0.3) is 0 Å². The van der Waals surface area contributed by atoms with Crippen LogP contribution in [0.5, 0.6) is 0 Å². The molecule has 25 heavy (non-hydrogen) atoms. The largest absolute Gasteiger partial charge is 0.357 e. The van der Waals surface area contributed by atoms with E-state index in [1.165, 1.54) is 12.8 Å². The van der Waals surface area contributed by atoms with Crippen molar-refractivity contribution in [3.8, 4) is 0 Å². The summed E-state index contributed by atoms with van der Waals surface area (Å²) in [5, 5.41) is 10.2. The summed E-state index contributed by atoms with van der Waals surface area (Å²) < 4.78 is 0. The van der Waals surface area contributed by atoms with Gasteiger partial charge >= 0.3 is 0 Å². The van der Waals surface area contributed by atoms with Crippen molar-refractivity contribution in [1.29, 1.82) is 0 Å². The predicted octanol–water partition coefficient (Wildman–Crippen LogP) is 3.46. The molecule has 1 aliphatic carbocycles. The number of guanidine groups is 1. The number of hydrogen-bond acceptors (Lipinski definition) is 2. The van der Waals surface area contributed by atoms with Crippen LogP contribution in [-0.2, 0) is 11.3 Å². The van der Waals surface area contributed by atoms with E-state index in [0.29, 0.717) is 36.5 Å². The number of aliphatic imine (C=N–C) groups is 1. The van der Waals surface area contributed by atoms with E-state index in [2.05, 4.69) is 20.9 Å². The van der Waals surface area contributed by atoms with Crippen LogP contribution in [0.15, 0.2) is 29.3 Å². The highest BCUT2D eigenvalue weighted by atomic mass is 127. The molecular weight excluding hydrogens is 451 g/mol. The standard InChI is InChI=1S/C18H27ClN4O.HI/c1-2-20-18(22-13-14-7-3-6-10-16(14)19)21-12-11-17(24)23-15-8-4-5-9-15;/h3,6-7,10,15H,2,4-5,8-9,11-13H2,1H3,(H,23,24)(H2,20,21,22);1H. The molecule has 1 aromatic rings. The molecule has 0 spiro atoms. The van der Waals surface area contributed by atoms with Gasteiger partial charge in [-0.3, -0.25) is 4.79 Å². The highest BCUT2D eigenvalue weighted by Gasteiger charge is 2.16. The second kappa shape index (κ2) is 12.4. The Balaban J connectivity index is 0.00000312. The van der Waals surface area contributed by atoms with Crippen molar-refractivity contribution in [2.75, 3.05) is 13.1 Å². The molecule has 0 radical (unpaired) electrons. The lowest BCUT2D eigenvalue weighted by Crippen LogP contribution is -2.40. The number of benzene rings is 1. The number of rotatable bonds is 7. The normalized spacial score (nSPS) is 14.7. The maximum atomic E-state index is 11.9. The summed E-state index contributed by atoms with van der Waals surface area (Å²) in [6.07, 6.45) is 5.13. The van der Waals surface area contributed by atoms with Crippen molar-refractivity contribution >= 4 is 47.4 Å². The summed E-state index contributed by atoms with van der Waals surface area (Å²) >= 11 is 6.15. The zero-order chi connectivity index (χ0) is 17.2. The Kier molecular flexibility index (Phi) is 10.9. The molecule has 0 bridgehead atoms. The van der Waals surface area contributed by atoms with Crippen LogP contribution in [-0.4, -0.2) is 31.0 Å². The fourth-order valence-electron chi connectivity index (χ4n) is 2.80. The maximum absolute atomic E-state index is 11.9. The Morgan fingerprint density at radius 2 is 1.96 bits per heavy atom. The number of halogens is 2. The van der Waals surface area contributed by atoms with Gasteiger partial charge in [0, 0.05) is 30.6 Å². The van der Waals surface area contributed by atoms with Crippen LogP contribution in [0.2, 0.25) is 5.02 Å². The number of hydrogen-bond donors (Lipinski definition) is 3. The van der Waals surface area contributed by atoms with E-state index in [1.54, 1.807) is 0 Å². The van der Waals surface area contributed by atoms with Crippen LogP contribution in [0.4, 0.5) is 0 Å². The van der Waals surface area contributed by atoms with E-state index in [1.807, 2.05) is 31.2 Å². The number of carbonyl (C=O) groups excluding carboxylic acids is 1. The van der Waals surface area contributed by atoms with E-state index in [-0.39, 0.29) is 29.9 Å². The first-order chi connectivity index (χ1) is 11.7. The predicted molar refractivity (Wildman–Crippen MR) is 115 cm³/mol. The lowest BCUT2D eigenvalue weighted by molar-refractivity contribution is -0.121. The van der Waals surface area contributed by atoms with E-state index >= 15 is 0 Å². The molecule has 2 rings (SSSR count). The van der Waals surface area contributed by atoms with Crippen molar-refractivity contribution in [2.45, 2.75) is 51.6 Å². The van der Waals surface area contributed by atoms with Gasteiger partial charge in [-0.2, -0.15) is 0 Å². The molecular formula is C18H28ClIN4O. The second-order valence-electron chi connectivity index (χ2n) is 6.01. The molecule has 1 saturated carbocycles. The molecule has 0 saturated heterocycles. The fraction of sp³-hybridized carbons (Fsp3) is 0.556. The molecule has 1 fully saturated rings. The number of nitrogens with zero attached hydrogens (tertiary/aromatic N) is 1. The number of carbonyl (C=O) groups is 1. The Hall–Kier alpha value is -1.02. The van der Waals surface area contributed by atoms with Crippen LogP contribution in [0.3, 0.4) is 0 Å². The first-order valence-corrected chi connectivity index (χ1v) is 9.11. The fourth-order valence-corrected chi connectivity index (χ4v) is 2.99. The van der Waals surface area contributed by atoms with Gasteiger partial charge in [-0.05, 0) is 31.4 Å². The Morgan fingerprint density at radius 3 is 2.64 bits per heavy atom. The Labute approximate surface area is 172 Å². The average Bonchev–Trinajstić information content (AvgIpc) is 3.06. The molecule has 1 amide bonds. The van der Waals surface area contributed by atoms with Crippen LogP contribution in [0, 0.1) is 0 Å². The minimum atomic E-state index is 0. The quantitative estimate of drug-likeness (QED) is 0.319. The lowest BCUT2D eigenvalue weighted by atomic mass is 10.2. The monoisotopic (exact) mass is 478 g/mol. The average molecular weight is 479 g/mol. The summed E-state index contributed by atoms with van der Waals surface area (Å²) in [7, 11) is 0. The van der Waals surface area contributed by atoms with Gasteiger partial charge in [0.15, 0.2) is 5.96 Å². The topological polar surface area (TPSA) is 65.5 Å². The molecule has 0 aliphatic heterocycles. The SMILES string of the molecule is CCNC(=NCc1ccccc1Cl)NCCC(=O)NC1CCCC1.I. The third kappa shape index (κ3) is 8.27. The summed E-state index contributed by atoms with van der Waals surface area (Å²) in [5.41, 5.74) is 0.982. The van der Waals surface area contributed by atoms with Gasteiger partial charge in [0.05, 0.1) is 6.54 Å². The Bertz CT molecular complexity index is 562. The molecule has 1 aliphatic rings. The molecule has 0 aromatic heterocycles. The minimum absolute atomic E-state index is 0. The van der Waals surface area contributed by atoms with Crippen molar-refractivity contribution in [3.63, 3.8) is 0 Å². The molecule has 3 N–H and O–H groups in total. The van der Waals surface area contributed by atoms with Gasteiger partial charge in [-0.1, -0.05) is 42.6 Å². The maximum Gasteiger partial charge on any atom is 0.221 e. The lowest BCUT2D eigenvalue weighted by Gasteiger charge is -2.14. The molecule has 7 heteroatoms. The molecule has 0 atom stereocenters. The van der Waals surface area contributed by atoms with E-state index < -0.39 is 0 Å². The highest BCUT2D eigenvalue weighted by molar-refractivity contribution is 14.0. The second-order valence-corrected chi connectivity index (χ2v) is 6.42. The third-order valence-electron chi connectivity index (χ3n) is 4.07. The highest BCUT2D eigenvalue weighted by Crippen LogP contribution is 2.17. The van der Waals surface area contributed by atoms with Crippen molar-refractivity contribution in [2.24, 2.45) is 4.99 Å². The van der Waals surface area contributed by atoms with Crippen LogP contribution < -0.4 is 16.0 Å². The Morgan fingerprint density at radius 1 is 1.24 bits per heavy atom. The third-order valence-corrected chi connectivity index (χ3v) is 4.44.